The zero-order chi connectivity index (χ0) is 11.8. The van der Waals surface area contributed by atoms with Crippen LogP contribution < -0.4 is 5.73 Å². The summed E-state index contributed by atoms with van der Waals surface area (Å²) in [5, 5.41) is 9.75. The van der Waals surface area contributed by atoms with Gasteiger partial charge in [-0.15, -0.1) is 0 Å². The molecule has 0 spiro atoms. The van der Waals surface area contributed by atoms with Gasteiger partial charge in [0.05, 0.1) is 0 Å². The molecule has 2 atom stereocenters. The van der Waals surface area contributed by atoms with Crippen LogP contribution in [-0.4, -0.2) is 16.1 Å². The van der Waals surface area contributed by atoms with Gasteiger partial charge in [0.25, 0.3) is 0 Å². The second-order valence-corrected chi connectivity index (χ2v) is 4.49. The number of nitrogens with two attached hydrogens (primary N) is 1. The van der Waals surface area contributed by atoms with Crippen molar-refractivity contribution in [3.63, 3.8) is 0 Å². The SMILES string of the molecule is N[C@@H]1C[C@H]1c1ccc(-c2ccccc2O)cn1. The van der Waals surface area contributed by atoms with Crippen LogP contribution in [0.5, 0.6) is 5.75 Å². The van der Waals surface area contributed by atoms with Crippen molar-refractivity contribution in [1.82, 2.24) is 4.98 Å². The van der Waals surface area contributed by atoms with Gasteiger partial charge in [-0.25, -0.2) is 0 Å². The first-order chi connectivity index (χ1) is 8.25. The van der Waals surface area contributed by atoms with E-state index in [0.717, 1.165) is 23.2 Å². The second kappa shape index (κ2) is 3.86. The van der Waals surface area contributed by atoms with E-state index in [4.69, 9.17) is 5.73 Å². The number of rotatable bonds is 2. The number of pyridine rings is 1. The van der Waals surface area contributed by atoms with Crippen LogP contribution in [0.15, 0.2) is 42.6 Å². The number of phenols is 1. The summed E-state index contributed by atoms with van der Waals surface area (Å²) < 4.78 is 0. The first-order valence-corrected chi connectivity index (χ1v) is 5.75. The third-order valence-electron chi connectivity index (χ3n) is 3.22. The first kappa shape index (κ1) is 10.3. The zero-order valence-corrected chi connectivity index (χ0v) is 9.38. The Morgan fingerprint density at radius 2 is 1.94 bits per heavy atom. The maximum atomic E-state index is 9.75. The minimum absolute atomic E-state index is 0.276. The van der Waals surface area contributed by atoms with Gasteiger partial charge in [0.15, 0.2) is 0 Å². The van der Waals surface area contributed by atoms with E-state index in [-0.39, 0.29) is 11.8 Å². The molecule has 1 aromatic carbocycles. The van der Waals surface area contributed by atoms with Crippen LogP contribution in [-0.2, 0) is 0 Å². The number of hydrogen-bond acceptors (Lipinski definition) is 3. The van der Waals surface area contributed by atoms with Crippen molar-refractivity contribution in [3.8, 4) is 16.9 Å². The Hall–Kier alpha value is -1.87. The number of nitrogens with zero attached hydrogens (tertiary/aromatic N) is 1. The molecule has 1 heterocycles. The van der Waals surface area contributed by atoms with Crippen molar-refractivity contribution >= 4 is 0 Å². The highest BCUT2D eigenvalue weighted by Gasteiger charge is 2.35. The summed E-state index contributed by atoms with van der Waals surface area (Å²) in [6, 6.07) is 11.5. The maximum Gasteiger partial charge on any atom is 0.123 e. The van der Waals surface area contributed by atoms with E-state index in [9.17, 15) is 5.11 Å². The summed E-state index contributed by atoms with van der Waals surface area (Å²) in [4.78, 5) is 4.42. The number of phenolic OH excluding ortho intramolecular Hbond substituents is 1. The Bertz CT molecular complexity index is 536. The van der Waals surface area contributed by atoms with Gasteiger partial charge in [0.1, 0.15) is 5.75 Å². The van der Waals surface area contributed by atoms with Gasteiger partial charge in [-0.1, -0.05) is 24.3 Å². The van der Waals surface area contributed by atoms with Crippen LogP contribution in [0, 0.1) is 0 Å². The molecule has 3 heteroatoms. The summed E-state index contributed by atoms with van der Waals surface area (Å²) in [5.74, 6) is 0.707. The van der Waals surface area contributed by atoms with Crippen LogP contribution in [0.25, 0.3) is 11.1 Å². The van der Waals surface area contributed by atoms with Gasteiger partial charge in [-0.3, -0.25) is 4.98 Å². The predicted molar refractivity (Wildman–Crippen MR) is 66.7 cm³/mol. The Labute approximate surface area is 99.9 Å². The minimum atomic E-state index is 0.276. The molecule has 1 aliphatic rings. The third kappa shape index (κ3) is 1.89. The fourth-order valence-corrected chi connectivity index (χ4v) is 2.06. The largest absolute Gasteiger partial charge is 0.507 e. The zero-order valence-electron chi connectivity index (χ0n) is 9.38. The highest BCUT2D eigenvalue weighted by Crippen LogP contribution is 2.38. The van der Waals surface area contributed by atoms with Crippen LogP contribution in [0.2, 0.25) is 0 Å². The molecule has 3 nitrogen and oxygen atoms in total. The molecule has 0 unspecified atom stereocenters. The summed E-state index contributed by atoms with van der Waals surface area (Å²) in [6.07, 6.45) is 2.83. The van der Waals surface area contributed by atoms with Crippen molar-refractivity contribution in [1.29, 1.82) is 0 Å². The number of aromatic nitrogens is 1. The normalized spacial score (nSPS) is 22.4. The van der Waals surface area contributed by atoms with Gasteiger partial charge in [-0.05, 0) is 18.6 Å². The molecule has 0 bridgehead atoms. The Balaban J connectivity index is 1.92. The number of para-hydroxylation sites is 1. The van der Waals surface area contributed by atoms with Gasteiger partial charge in [0, 0.05) is 35.0 Å². The van der Waals surface area contributed by atoms with E-state index in [1.807, 2.05) is 30.3 Å². The fourth-order valence-electron chi connectivity index (χ4n) is 2.06. The molecule has 17 heavy (non-hydrogen) atoms. The second-order valence-electron chi connectivity index (χ2n) is 4.49. The van der Waals surface area contributed by atoms with Gasteiger partial charge in [-0.2, -0.15) is 0 Å². The van der Waals surface area contributed by atoms with Gasteiger partial charge < -0.3 is 10.8 Å². The van der Waals surface area contributed by atoms with Crippen LogP contribution in [0.4, 0.5) is 0 Å². The monoisotopic (exact) mass is 226 g/mol. The molecular weight excluding hydrogens is 212 g/mol. The molecular formula is C14H14N2O. The highest BCUT2D eigenvalue weighted by atomic mass is 16.3. The number of benzene rings is 1. The number of aromatic hydroxyl groups is 1. The molecule has 1 saturated carbocycles. The summed E-state index contributed by atoms with van der Waals surface area (Å²) in [6.45, 7) is 0. The predicted octanol–water partition coefficient (Wildman–Crippen LogP) is 2.27. The van der Waals surface area contributed by atoms with Gasteiger partial charge in [0.2, 0.25) is 0 Å². The molecule has 0 amide bonds. The Morgan fingerprint density at radius 1 is 1.18 bits per heavy atom. The van der Waals surface area contributed by atoms with Crippen molar-refractivity contribution in [2.24, 2.45) is 5.73 Å². The first-order valence-electron chi connectivity index (χ1n) is 5.75. The molecule has 3 rings (SSSR count). The summed E-state index contributed by atoms with van der Waals surface area (Å²) >= 11 is 0. The molecule has 0 radical (unpaired) electrons. The van der Waals surface area contributed by atoms with E-state index in [2.05, 4.69) is 4.98 Å². The molecule has 0 aliphatic heterocycles. The molecule has 1 fully saturated rings. The summed E-state index contributed by atoms with van der Waals surface area (Å²) in [5.41, 5.74) is 8.59. The van der Waals surface area contributed by atoms with E-state index in [1.54, 1.807) is 12.3 Å². The molecule has 3 N–H and O–H groups in total. The molecule has 1 aromatic heterocycles. The molecule has 2 aromatic rings. The van der Waals surface area contributed by atoms with E-state index in [1.165, 1.54) is 0 Å². The van der Waals surface area contributed by atoms with Crippen molar-refractivity contribution in [2.75, 3.05) is 0 Å². The summed E-state index contributed by atoms with van der Waals surface area (Å²) in [7, 11) is 0. The highest BCUT2D eigenvalue weighted by molar-refractivity contribution is 5.69. The lowest BCUT2D eigenvalue weighted by molar-refractivity contribution is 0.477. The minimum Gasteiger partial charge on any atom is -0.507 e. The van der Waals surface area contributed by atoms with Gasteiger partial charge >= 0.3 is 0 Å². The third-order valence-corrected chi connectivity index (χ3v) is 3.22. The quantitative estimate of drug-likeness (QED) is 0.825. The van der Waals surface area contributed by atoms with Crippen molar-refractivity contribution in [2.45, 2.75) is 18.4 Å². The standard InChI is InChI=1S/C14H14N2O/c15-12-7-11(12)13-6-5-9(8-16-13)10-3-1-2-4-14(10)17/h1-6,8,11-12,17H,7,15H2/t11-,12-/m1/s1. The average Bonchev–Trinajstić information content (AvgIpc) is 3.07. The van der Waals surface area contributed by atoms with E-state index < -0.39 is 0 Å². The topological polar surface area (TPSA) is 59.1 Å². The van der Waals surface area contributed by atoms with E-state index >= 15 is 0 Å². The van der Waals surface area contributed by atoms with Crippen LogP contribution >= 0.6 is 0 Å². The van der Waals surface area contributed by atoms with Crippen molar-refractivity contribution in [3.05, 3.63) is 48.3 Å². The lowest BCUT2D eigenvalue weighted by Crippen LogP contribution is -2.01. The molecule has 1 aliphatic carbocycles. The number of hydrogen-bond donors (Lipinski definition) is 2. The average molecular weight is 226 g/mol. The maximum absolute atomic E-state index is 9.75. The smallest absolute Gasteiger partial charge is 0.123 e. The Morgan fingerprint density at radius 3 is 2.53 bits per heavy atom. The molecule has 86 valence electrons. The Kier molecular flexibility index (Phi) is 2.34. The molecule has 0 saturated heterocycles. The van der Waals surface area contributed by atoms with E-state index in [0.29, 0.717) is 5.92 Å². The van der Waals surface area contributed by atoms with Crippen LogP contribution in [0.3, 0.4) is 0 Å². The lowest BCUT2D eigenvalue weighted by Gasteiger charge is -2.05. The van der Waals surface area contributed by atoms with Crippen LogP contribution in [0.1, 0.15) is 18.0 Å². The lowest BCUT2D eigenvalue weighted by atomic mass is 10.1. The van der Waals surface area contributed by atoms with Crippen molar-refractivity contribution < 1.29 is 5.11 Å². The fraction of sp³-hybridized carbons (Fsp3) is 0.214.